The molecule has 0 fully saturated rings. The monoisotopic (exact) mass is 426 g/mol. The number of imidazole rings is 1. The number of amides is 1. The Morgan fingerprint density at radius 3 is 2.81 bits per heavy atom. The third kappa shape index (κ3) is 3.35. The molecule has 0 unspecified atom stereocenters. The SMILES string of the molecule is CCc1nn(Cc2ccc(C)[nH]c2=O)c2cccc(NC(=O)c3cnc4ccccn34)c12. The number of hydrogen-bond donors (Lipinski definition) is 2. The van der Waals surface area contributed by atoms with Crippen molar-refractivity contribution < 1.29 is 4.79 Å². The van der Waals surface area contributed by atoms with Gasteiger partial charge in [0.05, 0.1) is 29.6 Å². The third-order valence-electron chi connectivity index (χ3n) is 5.54. The van der Waals surface area contributed by atoms with Crippen LogP contribution in [-0.4, -0.2) is 30.1 Å². The number of aromatic nitrogens is 5. The van der Waals surface area contributed by atoms with E-state index in [1.165, 1.54) is 0 Å². The van der Waals surface area contributed by atoms with Gasteiger partial charge in [-0.1, -0.05) is 19.1 Å². The Balaban J connectivity index is 1.54. The lowest BCUT2D eigenvalue weighted by Gasteiger charge is -2.08. The van der Waals surface area contributed by atoms with Crippen molar-refractivity contribution in [2.75, 3.05) is 5.32 Å². The summed E-state index contributed by atoms with van der Waals surface area (Å²) in [5, 5.41) is 8.65. The Morgan fingerprint density at radius 2 is 2.00 bits per heavy atom. The number of pyridine rings is 2. The summed E-state index contributed by atoms with van der Waals surface area (Å²) in [7, 11) is 0. The minimum absolute atomic E-state index is 0.122. The van der Waals surface area contributed by atoms with Crippen molar-refractivity contribution in [3.8, 4) is 0 Å². The van der Waals surface area contributed by atoms with Gasteiger partial charge in [-0.2, -0.15) is 5.10 Å². The van der Waals surface area contributed by atoms with Crippen molar-refractivity contribution in [3.05, 3.63) is 93.9 Å². The average Bonchev–Trinajstić information content (AvgIpc) is 3.38. The zero-order chi connectivity index (χ0) is 22.2. The van der Waals surface area contributed by atoms with E-state index in [4.69, 9.17) is 5.10 Å². The van der Waals surface area contributed by atoms with E-state index in [2.05, 4.69) is 15.3 Å². The van der Waals surface area contributed by atoms with Gasteiger partial charge < -0.3 is 10.3 Å². The Labute approximate surface area is 183 Å². The van der Waals surface area contributed by atoms with Crippen LogP contribution in [0.3, 0.4) is 0 Å². The number of anilines is 1. The number of rotatable bonds is 5. The first kappa shape index (κ1) is 19.7. The topological polar surface area (TPSA) is 97.1 Å². The van der Waals surface area contributed by atoms with Gasteiger partial charge in [0.15, 0.2) is 0 Å². The highest BCUT2D eigenvalue weighted by Gasteiger charge is 2.18. The summed E-state index contributed by atoms with van der Waals surface area (Å²) in [6, 6.07) is 15.0. The van der Waals surface area contributed by atoms with Crippen LogP contribution >= 0.6 is 0 Å². The Bertz CT molecular complexity index is 1520. The Morgan fingerprint density at radius 1 is 1.12 bits per heavy atom. The molecule has 0 saturated heterocycles. The van der Waals surface area contributed by atoms with Gasteiger partial charge in [0, 0.05) is 22.8 Å². The van der Waals surface area contributed by atoms with Crippen LogP contribution in [0.5, 0.6) is 0 Å². The minimum Gasteiger partial charge on any atom is -0.326 e. The first-order valence-corrected chi connectivity index (χ1v) is 10.5. The summed E-state index contributed by atoms with van der Waals surface area (Å²) in [4.78, 5) is 32.5. The second-order valence-corrected chi connectivity index (χ2v) is 7.68. The highest BCUT2D eigenvalue weighted by Crippen LogP contribution is 2.28. The molecule has 0 bridgehead atoms. The highest BCUT2D eigenvalue weighted by atomic mass is 16.2. The zero-order valence-corrected chi connectivity index (χ0v) is 17.8. The summed E-state index contributed by atoms with van der Waals surface area (Å²) in [6.07, 6.45) is 4.07. The normalized spacial score (nSPS) is 11.3. The van der Waals surface area contributed by atoms with Gasteiger partial charge in [-0.15, -0.1) is 0 Å². The van der Waals surface area contributed by atoms with Crippen molar-refractivity contribution in [2.45, 2.75) is 26.8 Å². The maximum Gasteiger partial charge on any atom is 0.274 e. The van der Waals surface area contributed by atoms with E-state index < -0.39 is 0 Å². The molecule has 0 spiro atoms. The molecule has 5 aromatic rings. The van der Waals surface area contributed by atoms with Crippen molar-refractivity contribution >= 4 is 28.1 Å². The fourth-order valence-corrected chi connectivity index (χ4v) is 3.96. The largest absolute Gasteiger partial charge is 0.326 e. The molecule has 4 aromatic heterocycles. The second kappa shape index (κ2) is 7.81. The molecule has 8 heteroatoms. The van der Waals surface area contributed by atoms with E-state index in [-0.39, 0.29) is 11.5 Å². The molecule has 8 nitrogen and oxygen atoms in total. The predicted molar refractivity (Wildman–Crippen MR) is 123 cm³/mol. The van der Waals surface area contributed by atoms with E-state index in [0.29, 0.717) is 35.6 Å². The van der Waals surface area contributed by atoms with Gasteiger partial charge in [0.25, 0.3) is 11.5 Å². The fraction of sp³-hybridized carbons (Fsp3) is 0.167. The summed E-state index contributed by atoms with van der Waals surface area (Å²) >= 11 is 0. The number of fused-ring (bicyclic) bond motifs is 2. The predicted octanol–water partition coefficient (Wildman–Crippen LogP) is 3.54. The van der Waals surface area contributed by atoms with E-state index in [9.17, 15) is 9.59 Å². The average molecular weight is 426 g/mol. The molecule has 0 saturated carbocycles. The lowest BCUT2D eigenvalue weighted by molar-refractivity contribution is 0.102. The Hall–Kier alpha value is -4.20. The van der Waals surface area contributed by atoms with Crippen molar-refractivity contribution in [1.29, 1.82) is 0 Å². The molecule has 32 heavy (non-hydrogen) atoms. The smallest absolute Gasteiger partial charge is 0.274 e. The van der Waals surface area contributed by atoms with Gasteiger partial charge in [-0.3, -0.25) is 18.7 Å². The van der Waals surface area contributed by atoms with Crippen molar-refractivity contribution in [1.82, 2.24) is 24.1 Å². The second-order valence-electron chi connectivity index (χ2n) is 7.68. The quantitative estimate of drug-likeness (QED) is 0.449. The van der Waals surface area contributed by atoms with Crippen LogP contribution in [0.1, 0.15) is 34.4 Å². The lowest BCUT2D eigenvalue weighted by atomic mass is 10.1. The molecule has 0 aliphatic rings. The van der Waals surface area contributed by atoms with Crippen LogP contribution in [0.4, 0.5) is 5.69 Å². The van der Waals surface area contributed by atoms with Gasteiger partial charge in [0.1, 0.15) is 11.3 Å². The minimum atomic E-state index is -0.249. The molecule has 1 amide bonds. The Kier molecular flexibility index (Phi) is 4.82. The van der Waals surface area contributed by atoms with Crippen molar-refractivity contribution in [2.24, 2.45) is 0 Å². The van der Waals surface area contributed by atoms with E-state index in [1.54, 1.807) is 10.6 Å². The molecule has 0 aliphatic carbocycles. The first-order valence-electron chi connectivity index (χ1n) is 10.5. The first-order chi connectivity index (χ1) is 15.5. The van der Waals surface area contributed by atoms with Crippen LogP contribution in [-0.2, 0) is 13.0 Å². The number of H-pyrrole nitrogens is 1. The molecule has 160 valence electrons. The van der Waals surface area contributed by atoms with Gasteiger partial charge >= 0.3 is 0 Å². The van der Waals surface area contributed by atoms with Crippen LogP contribution in [0.2, 0.25) is 0 Å². The standard InChI is InChI=1S/C24H22N6O2/c1-3-17-22-18(27-24(32)20-13-25-21-9-4-5-12-29(20)21)7-6-8-19(22)30(28-17)14-16-11-10-15(2)26-23(16)31/h4-13H,3,14H2,1-2H3,(H,26,31)(H,27,32). The van der Waals surface area contributed by atoms with Gasteiger partial charge in [-0.05, 0) is 49.7 Å². The maximum absolute atomic E-state index is 13.1. The molecule has 2 N–H and O–H groups in total. The summed E-state index contributed by atoms with van der Waals surface area (Å²) in [6.45, 7) is 4.22. The third-order valence-corrected chi connectivity index (χ3v) is 5.54. The fourth-order valence-electron chi connectivity index (χ4n) is 3.96. The molecule has 5 rings (SSSR count). The number of carbonyl (C=O) groups is 1. The van der Waals surface area contributed by atoms with Gasteiger partial charge in [0.2, 0.25) is 0 Å². The molecule has 4 heterocycles. The van der Waals surface area contributed by atoms with Crippen LogP contribution in [0.15, 0.2) is 65.7 Å². The number of hydrogen-bond acceptors (Lipinski definition) is 4. The van der Waals surface area contributed by atoms with E-state index in [0.717, 1.165) is 22.3 Å². The molecular formula is C24H22N6O2. The number of nitrogens with one attached hydrogen (secondary N) is 2. The molecule has 1 aromatic carbocycles. The number of nitrogens with zero attached hydrogens (tertiary/aromatic N) is 4. The van der Waals surface area contributed by atoms with Crippen LogP contribution < -0.4 is 10.9 Å². The molecular weight excluding hydrogens is 404 g/mol. The maximum atomic E-state index is 13.1. The molecule has 0 radical (unpaired) electrons. The number of benzene rings is 1. The van der Waals surface area contributed by atoms with E-state index >= 15 is 0 Å². The summed E-state index contributed by atoms with van der Waals surface area (Å²) in [5.41, 5.74) is 4.88. The van der Waals surface area contributed by atoms with Crippen LogP contribution in [0.25, 0.3) is 16.6 Å². The van der Waals surface area contributed by atoms with Crippen molar-refractivity contribution in [3.63, 3.8) is 0 Å². The summed E-state index contributed by atoms with van der Waals surface area (Å²) in [5.74, 6) is -0.249. The molecule has 0 atom stereocenters. The van der Waals surface area contributed by atoms with E-state index in [1.807, 2.05) is 73.3 Å². The van der Waals surface area contributed by atoms with Crippen LogP contribution in [0, 0.1) is 6.92 Å². The number of aromatic amines is 1. The lowest BCUT2D eigenvalue weighted by Crippen LogP contribution is -2.16. The summed E-state index contributed by atoms with van der Waals surface area (Å²) < 4.78 is 3.57. The molecule has 0 aliphatic heterocycles. The number of aryl methyl sites for hydroxylation is 2. The zero-order valence-electron chi connectivity index (χ0n) is 17.8. The van der Waals surface area contributed by atoms with Gasteiger partial charge in [-0.25, -0.2) is 4.98 Å². The number of carbonyl (C=O) groups excluding carboxylic acids is 1. The highest BCUT2D eigenvalue weighted by molar-refractivity contribution is 6.08.